The molecule has 19 heavy (non-hydrogen) atoms. The summed E-state index contributed by atoms with van der Waals surface area (Å²) in [5.41, 5.74) is 3.11. The van der Waals surface area contributed by atoms with Crippen LogP contribution in [0.1, 0.15) is 37.8 Å². The maximum Gasteiger partial charge on any atom is 0.309 e. The van der Waals surface area contributed by atoms with E-state index in [4.69, 9.17) is 5.11 Å². The van der Waals surface area contributed by atoms with Gasteiger partial charge in [-0.15, -0.1) is 0 Å². The van der Waals surface area contributed by atoms with Gasteiger partial charge in [-0.2, -0.15) is 0 Å². The lowest BCUT2D eigenvalue weighted by molar-refractivity contribution is -0.147. The van der Waals surface area contributed by atoms with E-state index in [1.807, 2.05) is 0 Å². The molecule has 0 fully saturated rings. The average molecular weight is 263 g/mol. The molecule has 0 aliphatic heterocycles. The fourth-order valence-electron chi connectivity index (χ4n) is 2.22. The van der Waals surface area contributed by atoms with Crippen molar-refractivity contribution in [3.63, 3.8) is 0 Å². The first-order valence-corrected chi connectivity index (χ1v) is 6.76. The smallest absolute Gasteiger partial charge is 0.309 e. The summed E-state index contributed by atoms with van der Waals surface area (Å²) >= 11 is 0. The van der Waals surface area contributed by atoms with E-state index < -0.39 is 11.4 Å². The van der Waals surface area contributed by atoms with E-state index in [1.165, 1.54) is 16.8 Å². The first kappa shape index (κ1) is 15.5. The Morgan fingerprint density at radius 2 is 1.95 bits per heavy atom. The number of carboxylic acids is 1. The highest BCUT2D eigenvalue weighted by atomic mass is 16.4. The molecule has 0 aliphatic rings. The van der Waals surface area contributed by atoms with Crippen LogP contribution in [0.4, 0.5) is 5.69 Å². The summed E-state index contributed by atoms with van der Waals surface area (Å²) in [5.74, 6) is -0.721. The minimum atomic E-state index is -0.721. The first-order chi connectivity index (χ1) is 8.74. The molecule has 0 bridgehead atoms. The van der Waals surface area contributed by atoms with E-state index >= 15 is 0 Å². The van der Waals surface area contributed by atoms with Gasteiger partial charge in [0, 0.05) is 19.3 Å². The molecule has 1 aromatic carbocycles. The third-order valence-corrected chi connectivity index (χ3v) is 3.64. The lowest BCUT2D eigenvalue weighted by atomic mass is 9.88. The summed E-state index contributed by atoms with van der Waals surface area (Å²) in [5, 5.41) is 9.08. The highest BCUT2D eigenvalue weighted by Crippen LogP contribution is 2.24. The molecule has 0 atom stereocenters. The van der Waals surface area contributed by atoms with Crippen LogP contribution >= 0.6 is 0 Å². The molecule has 0 unspecified atom stereocenters. The van der Waals surface area contributed by atoms with Crippen LogP contribution in [0, 0.1) is 19.3 Å². The van der Waals surface area contributed by atoms with Gasteiger partial charge in [0.1, 0.15) is 0 Å². The van der Waals surface area contributed by atoms with Crippen molar-refractivity contribution in [2.75, 3.05) is 18.5 Å². The topological polar surface area (TPSA) is 40.5 Å². The normalized spacial score (nSPS) is 11.4. The molecule has 0 aromatic heterocycles. The lowest BCUT2D eigenvalue weighted by Crippen LogP contribution is -2.26. The van der Waals surface area contributed by atoms with Crippen molar-refractivity contribution in [2.45, 2.75) is 40.5 Å². The molecule has 1 aromatic rings. The van der Waals surface area contributed by atoms with Crippen molar-refractivity contribution >= 4 is 11.7 Å². The summed E-state index contributed by atoms with van der Waals surface area (Å²) in [7, 11) is 2.06. The highest BCUT2D eigenvalue weighted by Gasteiger charge is 2.26. The van der Waals surface area contributed by atoms with Gasteiger partial charge in [0.15, 0.2) is 0 Å². The van der Waals surface area contributed by atoms with Crippen LogP contribution < -0.4 is 4.90 Å². The van der Waals surface area contributed by atoms with Gasteiger partial charge in [-0.25, -0.2) is 0 Å². The predicted octanol–water partition coefficient (Wildman–Crippen LogP) is 3.63. The fraction of sp³-hybridized carbons (Fsp3) is 0.562. The molecule has 3 nitrogen and oxygen atoms in total. The molecule has 0 radical (unpaired) electrons. The number of hydrogen-bond acceptors (Lipinski definition) is 2. The second kappa shape index (κ2) is 6.09. The van der Waals surface area contributed by atoms with E-state index in [-0.39, 0.29) is 0 Å². The summed E-state index contributed by atoms with van der Waals surface area (Å²) in [6.07, 6.45) is 1.57. The Hall–Kier alpha value is -1.51. The van der Waals surface area contributed by atoms with Crippen molar-refractivity contribution < 1.29 is 9.90 Å². The second-order valence-electron chi connectivity index (χ2n) is 6.00. The fourth-order valence-corrected chi connectivity index (χ4v) is 2.22. The molecule has 106 valence electrons. The van der Waals surface area contributed by atoms with Gasteiger partial charge in [-0.05, 0) is 52.2 Å². The molecule has 0 amide bonds. The third kappa shape index (κ3) is 4.27. The Labute approximate surface area is 116 Å². The van der Waals surface area contributed by atoms with E-state index in [9.17, 15) is 4.79 Å². The Bertz CT molecular complexity index is 452. The third-order valence-electron chi connectivity index (χ3n) is 3.64. The molecular weight excluding hydrogens is 238 g/mol. The largest absolute Gasteiger partial charge is 0.481 e. The summed E-state index contributed by atoms with van der Waals surface area (Å²) in [4.78, 5) is 13.2. The van der Waals surface area contributed by atoms with Crippen molar-refractivity contribution in [2.24, 2.45) is 5.41 Å². The predicted molar refractivity (Wildman–Crippen MR) is 79.8 cm³/mol. The zero-order valence-corrected chi connectivity index (χ0v) is 12.7. The summed E-state index contributed by atoms with van der Waals surface area (Å²) in [6, 6.07) is 6.42. The van der Waals surface area contributed by atoms with Gasteiger partial charge >= 0.3 is 5.97 Å². The minimum Gasteiger partial charge on any atom is -0.481 e. The van der Waals surface area contributed by atoms with Crippen molar-refractivity contribution in [3.8, 4) is 0 Å². The number of nitrogens with zero attached hydrogens (tertiary/aromatic N) is 1. The first-order valence-electron chi connectivity index (χ1n) is 6.76. The molecule has 0 spiro atoms. The molecule has 3 heteroatoms. The Morgan fingerprint density at radius 1 is 1.32 bits per heavy atom. The van der Waals surface area contributed by atoms with Crippen LogP contribution in [0.2, 0.25) is 0 Å². The monoisotopic (exact) mass is 263 g/mol. The molecule has 1 N–H and O–H groups in total. The number of carbonyl (C=O) groups is 1. The number of hydrogen-bond donors (Lipinski definition) is 1. The SMILES string of the molecule is Cc1ccc(N(C)CCCC(C)(C)C(=O)O)c(C)c1. The maximum absolute atomic E-state index is 11.0. The van der Waals surface area contributed by atoms with Gasteiger partial charge in [-0.3, -0.25) is 4.79 Å². The number of anilines is 1. The average Bonchev–Trinajstić information content (AvgIpc) is 2.28. The Kier molecular flexibility index (Phi) is 4.98. The van der Waals surface area contributed by atoms with Gasteiger partial charge < -0.3 is 10.0 Å². The number of carboxylic acid groups (broad SMARTS) is 1. The standard InChI is InChI=1S/C16H25NO2/c1-12-7-8-14(13(2)11-12)17(5)10-6-9-16(3,4)15(18)19/h7-8,11H,6,9-10H2,1-5H3,(H,18,19). The van der Waals surface area contributed by atoms with Crippen molar-refractivity contribution in [1.29, 1.82) is 0 Å². The zero-order valence-electron chi connectivity index (χ0n) is 12.7. The maximum atomic E-state index is 11.0. The Morgan fingerprint density at radius 3 is 2.47 bits per heavy atom. The molecular formula is C16H25NO2. The summed E-state index contributed by atoms with van der Waals surface area (Å²) in [6.45, 7) is 8.64. The van der Waals surface area contributed by atoms with Crippen LogP contribution in [-0.2, 0) is 4.79 Å². The van der Waals surface area contributed by atoms with Crippen LogP contribution in [0.15, 0.2) is 18.2 Å². The van der Waals surface area contributed by atoms with Gasteiger partial charge in [0.25, 0.3) is 0 Å². The number of aryl methyl sites for hydroxylation is 2. The van der Waals surface area contributed by atoms with Gasteiger partial charge in [0.05, 0.1) is 5.41 Å². The van der Waals surface area contributed by atoms with Crippen LogP contribution in [0.3, 0.4) is 0 Å². The molecule has 0 aliphatic carbocycles. The Balaban J connectivity index is 2.56. The molecule has 0 saturated carbocycles. The van der Waals surface area contributed by atoms with E-state index in [0.29, 0.717) is 6.42 Å². The quantitative estimate of drug-likeness (QED) is 0.852. The van der Waals surface area contributed by atoms with Crippen molar-refractivity contribution in [3.05, 3.63) is 29.3 Å². The molecule has 0 heterocycles. The summed E-state index contributed by atoms with van der Waals surface area (Å²) < 4.78 is 0. The highest BCUT2D eigenvalue weighted by molar-refractivity contribution is 5.73. The van der Waals surface area contributed by atoms with Crippen LogP contribution in [0.25, 0.3) is 0 Å². The van der Waals surface area contributed by atoms with E-state index in [0.717, 1.165) is 13.0 Å². The minimum absolute atomic E-state index is 0.636. The van der Waals surface area contributed by atoms with Gasteiger partial charge in [-0.1, -0.05) is 17.7 Å². The van der Waals surface area contributed by atoms with Crippen molar-refractivity contribution in [1.82, 2.24) is 0 Å². The lowest BCUT2D eigenvalue weighted by Gasteiger charge is -2.24. The van der Waals surface area contributed by atoms with E-state index in [1.54, 1.807) is 13.8 Å². The zero-order chi connectivity index (χ0) is 14.6. The van der Waals surface area contributed by atoms with Gasteiger partial charge in [0.2, 0.25) is 0 Å². The van der Waals surface area contributed by atoms with Crippen LogP contribution in [-0.4, -0.2) is 24.7 Å². The van der Waals surface area contributed by atoms with E-state index in [2.05, 4.69) is 44.0 Å². The molecule has 0 saturated heterocycles. The van der Waals surface area contributed by atoms with Crippen LogP contribution in [0.5, 0.6) is 0 Å². The molecule has 1 rings (SSSR count). The second-order valence-corrected chi connectivity index (χ2v) is 6.00. The number of aliphatic carboxylic acids is 1. The number of benzene rings is 1. The number of rotatable bonds is 6.